The molecule has 112 valence electrons. The van der Waals surface area contributed by atoms with Crippen molar-refractivity contribution in [2.45, 2.75) is 24.8 Å². The molecule has 0 saturated heterocycles. The lowest BCUT2D eigenvalue weighted by Gasteiger charge is -2.25. The van der Waals surface area contributed by atoms with Crippen LogP contribution in [0.15, 0.2) is 40.8 Å². The number of fused-ring (bicyclic) bond motifs is 1. The van der Waals surface area contributed by atoms with Crippen LogP contribution in [0.25, 0.3) is 10.1 Å². The molecular formula is C15H17NO3S2. The summed E-state index contributed by atoms with van der Waals surface area (Å²) in [6.45, 7) is 2.67. The molecule has 0 atom stereocenters. The molecule has 0 fully saturated rings. The summed E-state index contributed by atoms with van der Waals surface area (Å²) in [7, 11) is -3.57. The van der Waals surface area contributed by atoms with E-state index in [1.54, 1.807) is 0 Å². The maximum Gasteiger partial charge on any atom is 0.245 e. The van der Waals surface area contributed by atoms with E-state index in [2.05, 4.69) is 0 Å². The first-order valence-electron chi connectivity index (χ1n) is 6.81. The van der Waals surface area contributed by atoms with E-state index in [0.717, 1.165) is 11.1 Å². The molecule has 2 heterocycles. The van der Waals surface area contributed by atoms with Gasteiger partial charge < -0.3 is 5.11 Å². The average molecular weight is 323 g/mol. The molecule has 0 spiro atoms. The predicted molar refractivity (Wildman–Crippen MR) is 84.9 cm³/mol. The molecule has 0 bridgehead atoms. The Morgan fingerprint density at radius 3 is 2.76 bits per heavy atom. The van der Waals surface area contributed by atoms with Gasteiger partial charge in [-0.25, -0.2) is 8.42 Å². The summed E-state index contributed by atoms with van der Waals surface area (Å²) in [4.78, 5) is 0.793. The SMILES string of the molecule is CC1=CCN(S(=O)(=O)c2c(CO)sc3ccccc23)CC1. The van der Waals surface area contributed by atoms with E-state index in [1.165, 1.54) is 21.2 Å². The van der Waals surface area contributed by atoms with Crippen LogP contribution in [0.2, 0.25) is 0 Å². The van der Waals surface area contributed by atoms with Gasteiger partial charge in [-0.05, 0) is 19.4 Å². The number of aliphatic hydroxyl groups excluding tert-OH is 1. The highest BCUT2D eigenvalue weighted by atomic mass is 32.2. The lowest BCUT2D eigenvalue weighted by atomic mass is 10.1. The number of aliphatic hydroxyl groups is 1. The fraction of sp³-hybridized carbons (Fsp3) is 0.333. The van der Waals surface area contributed by atoms with Crippen LogP contribution in [0.4, 0.5) is 0 Å². The van der Waals surface area contributed by atoms with Crippen molar-refractivity contribution in [3.8, 4) is 0 Å². The fourth-order valence-electron chi connectivity index (χ4n) is 2.56. The predicted octanol–water partition coefficient (Wildman–Crippen LogP) is 2.73. The molecule has 0 saturated carbocycles. The van der Waals surface area contributed by atoms with Gasteiger partial charge in [0.1, 0.15) is 4.90 Å². The quantitative estimate of drug-likeness (QED) is 0.884. The summed E-state index contributed by atoms with van der Waals surface area (Å²) in [5.41, 5.74) is 1.22. The second-order valence-electron chi connectivity index (χ2n) is 5.17. The van der Waals surface area contributed by atoms with Gasteiger partial charge in [-0.15, -0.1) is 11.3 Å². The van der Waals surface area contributed by atoms with Crippen LogP contribution in [0.1, 0.15) is 18.2 Å². The monoisotopic (exact) mass is 323 g/mol. The highest BCUT2D eigenvalue weighted by Crippen LogP contribution is 2.36. The summed E-state index contributed by atoms with van der Waals surface area (Å²) in [6, 6.07) is 7.40. The molecule has 3 rings (SSSR count). The highest BCUT2D eigenvalue weighted by molar-refractivity contribution is 7.89. The molecule has 1 N–H and O–H groups in total. The molecule has 2 aromatic rings. The number of hydrogen-bond donors (Lipinski definition) is 1. The largest absolute Gasteiger partial charge is 0.391 e. The number of benzene rings is 1. The Hall–Kier alpha value is -1.21. The van der Waals surface area contributed by atoms with Gasteiger partial charge in [0.05, 0.1) is 11.5 Å². The first-order chi connectivity index (χ1) is 10.0. The van der Waals surface area contributed by atoms with Crippen LogP contribution in [0.5, 0.6) is 0 Å². The van der Waals surface area contributed by atoms with Crippen LogP contribution in [-0.4, -0.2) is 30.9 Å². The van der Waals surface area contributed by atoms with Gasteiger partial charge in [-0.2, -0.15) is 4.31 Å². The van der Waals surface area contributed by atoms with Crippen LogP contribution in [0, 0.1) is 0 Å². The molecule has 0 amide bonds. The summed E-state index contributed by atoms with van der Waals surface area (Å²) in [5, 5.41) is 10.2. The minimum absolute atomic E-state index is 0.253. The van der Waals surface area contributed by atoms with Crippen LogP contribution >= 0.6 is 11.3 Å². The molecule has 6 heteroatoms. The molecular weight excluding hydrogens is 306 g/mol. The Balaban J connectivity index is 2.14. The zero-order valence-corrected chi connectivity index (χ0v) is 13.4. The second-order valence-corrected chi connectivity index (χ2v) is 8.18. The normalized spacial score (nSPS) is 17.1. The van der Waals surface area contributed by atoms with Gasteiger partial charge in [-0.1, -0.05) is 29.8 Å². The van der Waals surface area contributed by atoms with E-state index in [9.17, 15) is 13.5 Å². The highest BCUT2D eigenvalue weighted by Gasteiger charge is 2.30. The minimum atomic E-state index is -3.57. The third-order valence-electron chi connectivity index (χ3n) is 3.76. The Morgan fingerprint density at radius 1 is 1.33 bits per heavy atom. The van der Waals surface area contributed by atoms with Gasteiger partial charge in [0.2, 0.25) is 10.0 Å². The van der Waals surface area contributed by atoms with Crippen LogP contribution in [0.3, 0.4) is 0 Å². The van der Waals surface area contributed by atoms with Crippen molar-refractivity contribution in [2.24, 2.45) is 0 Å². The Kier molecular flexibility index (Phi) is 3.88. The van der Waals surface area contributed by atoms with E-state index in [4.69, 9.17) is 0 Å². The Morgan fingerprint density at radius 2 is 2.10 bits per heavy atom. The van der Waals surface area contributed by atoms with E-state index in [1.807, 2.05) is 37.3 Å². The van der Waals surface area contributed by atoms with Crippen molar-refractivity contribution >= 4 is 31.4 Å². The van der Waals surface area contributed by atoms with Gasteiger partial charge in [0.15, 0.2) is 0 Å². The van der Waals surface area contributed by atoms with Crippen molar-refractivity contribution < 1.29 is 13.5 Å². The Bertz CT molecular complexity index is 805. The molecule has 0 aliphatic carbocycles. The first-order valence-corrected chi connectivity index (χ1v) is 9.06. The number of thiophene rings is 1. The number of hydrogen-bond acceptors (Lipinski definition) is 4. The lowest BCUT2D eigenvalue weighted by molar-refractivity contribution is 0.282. The third-order valence-corrected chi connectivity index (χ3v) is 7.04. The molecule has 0 unspecified atom stereocenters. The lowest BCUT2D eigenvalue weighted by Crippen LogP contribution is -2.35. The van der Waals surface area contributed by atoms with Crippen molar-refractivity contribution in [3.63, 3.8) is 0 Å². The number of nitrogens with zero attached hydrogens (tertiary/aromatic N) is 1. The molecule has 1 aliphatic heterocycles. The number of sulfonamides is 1. The zero-order valence-electron chi connectivity index (χ0n) is 11.7. The smallest absolute Gasteiger partial charge is 0.245 e. The first kappa shape index (κ1) is 14.7. The van der Waals surface area contributed by atoms with Gasteiger partial charge in [0.25, 0.3) is 0 Å². The molecule has 1 aromatic carbocycles. The molecule has 1 aromatic heterocycles. The summed E-state index contributed by atoms with van der Waals surface area (Å²) in [5.74, 6) is 0. The summed E-state index contributed by atoms with van der Waals surface area (Å²) < 4.78 is 28.3. The van der Waals surface area contributed by atoms with Gasteiger partial charge in [0, 0.05) is 23.2 Å². The fourth-order valence-corrected chi connectivity index (χ4v) is 5.69. The third kappa shape index (κ3) is 2.53. The van der Waals surface area contributed by atoms with Crippen molar-refractivity contribution in [2.75, 3.05) is 13.1 Å². The average Bonchev–Trinajstić information content (AvgIpc) is 2.87. The maximum absolute atomic E-state index is 12.9. The standard InChI is InChI=1S/C15H17NO3S2/c1-11-6-8-16(9-7-11)21(18,19)15-12-4-2-3-5-13(12)20-14(15)10-17/h2-6,17H,7-10H2,1H3. The van der Waals surface area contributed by atoms with E-state index in [-0.39, 0.29) is 11.5 Å². The van der Waals surface area contributed by atoms with E-state index < -0.39 is 10.0 Å². The van der Waals surface area contributed by atoms with Crippen molar-refractivity contribution in [1.82, 2.24) is 4.31 Å². The van der Waals surface area contributed by atoms with Crippen LogP contribution in [-0.2, 0) is 16.6 Å². The summed E-state index contributed by atoms with van der Waals surface area (Å²) >= 11 is 1.34. The van der Waals surface area contributed by atoms with Gasteiger partial charge in [-0.3, -0.25) is 0 Å². The van der Waals surface area contributed by atoms with Crippen molar-refractivity contribution in [3.05, 3.63) is 40.8 Å². The zero-order chi connectivity index (χ0) is 15.0. The minimum Gasteiger partial charge on any atom is -0.391 e. The Labute approximate surface area is 128 Å². The van der Waals surface area contributed by atoms with Crippen LogP contribution < -0.4 is 0 Å². The maximum atomic E-state index is 12.9. The summed E-state index contributed by atoms with van der Waals surface area (Å²) in [6.07, 6.45) is 2.71. The topological polar surface area (TPSA) is 57.6 Å². The molecule has 0 radical (unpaired) electrons. The van der Waals surface area contributed by atoms with Gasteiger partial charge >= 0.3 is 0 Å². The molecule has 4 nitrogen and oxygen atoms in total. The molecule has 21 heavy (non-hydrogen) atoms. The second kappa shape index (κ2) is 5.53. The van der Waals surface area contributed by atoms with E-state index in [0.29, 0.717) is 23.4 Å². The van der Waals surface area contributed by atoms with E-state index >= 15 is 0 Å². The number of rotatable bonds is 3. The molecule has 1 aliphatic rings. The van der Waals surface area contributed by atoms with Crippen molar-refractivity contribution in [1.29, 1.82) is 0 Å².